The van der Waals surface area contributed by atoms with Gasteiger partial charge in [0.15, 0.2) is 0 Å². The summed E-state index contributed by atoms with van der Waals surface area (Å²) in [5.41, 5.74) is 1.04. The first-order valence-corrected chi connectivity index (χ1v) is 12.2. The van der Waals surface area contributed by atoms with Crippen LogP contribution in [0.15, 0.2) is 18.2 Å². The van der Waals surface area contributed by atoms with E-state index in [-0.39, 0.29) is 6.03 Å². The number of piperazine rings is 1. The minimum Gasteiger partial charge on any atom is -0.368 e. The van der Waals surface area contributed by atoms with E-state index in [0.717, 1.165) is 57.2 Å². The van der Waals surface area contributed by atoms with Gasteiger partial charge in [-0.2, -0.15) is 0 Å². The number of hydrogen-bond acceptors (Lipinski definition) is 4. The van der Waals surface area contributed by atoms with Crippen molar-refractivity contribution >= 4 is 34.9 Å². The second kappa shape index (κ2) is 12.1. The Bertz CT molecular complexity index is 705. The molecule has 0 radical (unpaired) electrons. The molecule has 1 heterocycles. The smallest absolute Gasteiger partial charge is 0.319 e. The van der Waals surface area contributed by atoms with Gasteiger partial charge >= 0.3 is 6.03 Å². The van der Waals surface area contributed by atoms with Gasteiger partial charge < -0.3 is 19.9 Å². The minimum absolute atomic E-state index is 0.0328. The van der Waals surface area contributed by atoms with E-state index >= 15 is 0 Å². The number of hydrogen-bond donors (Lipinski definition) is 1. The molecule has 2 fully saturated rings. The lowest BCUT2D eigenvalue weighted by Gasteiger charge is -2.37. The summed E-state index contributed by atoms with van der Waals surface area (Å²) in [6.45, 7) is 8.11. The molecule has 31 heavy (non-hydrogen) atoms. The standard InChI is InChI=1S/C23H36Cl2N4O2/c1-3-31-17-27(2)23(30)26-19-9-7-18(8-10-19)11-12-28-13-15-29(16-14-28)21-6-4-5-20(24)22(21)25/h4-6,18-19H,3,7-17H2,1-2H3,(H,26,30)/t18-,19-. The van der Waals surface area contributed by atoms with Crippen LogP contribution >= 0.6 is 23.2 Å². The molecule has 1 aromatic rings. The zero-order valence-corrected chi connectivity index (χ0v) is 20.3. The molecule has 1 saturated carbocycles. The summed E-state index contributed by atoms with van der Waals surface area (Å²) >= 11 is 12.6. The molecule has 0 bridgehead atoms. The fourth-order valence-corrected chi connectivity index (χ4v) is 4.90. The highest BCUT2D eigenvalue weighted by atomic mass is 35.5. The van der Waals surface area contributed by atoms with Gasteiger partial charge in [-0.15, -0.1) is 0 Å². The lowest BCUT2D eigenvalue weighted by Crippen LogP contribution is -2.47. The van der Waals surface area contributed by atoms with Crippen LogP contribution in [0.1, 0.15) is 39.0 Å². The van der Waals surface area contributed by atoms with Crippen molar-refractivity contribution < 1.29 is 9.53 Å². The molecule has 1 aliphatic carbocycles. The molecule has 0 spiro atoms. The van der Waals surface area contributed by atoms with E-state index in [4.69, 9.17) is 27.9 Å². The van der Waals surface area contributed by atoms with E-state index in [1.165, 1.54) is 19.3 Å². The maximum atomic E-state index is 12.2. The zero-order chi connectivity index (χ0) is 22.2. The molecule has 1 N–H and O–H groups in total. The molecule has 3 rings (SSSR count). The number of urea groups is 1. The fraction of sp³-hybridized carbons (Fsp3) is 0.696. The van der Waals surface area contributed by atoms with Crippen LogP contribution in [-0.4, -0.2) is 75.0 Å². The number of amides is 2. The van der Waals surface area contributed by atoms with Gasteiger partial charge in [0.05, 0.1) is 15.7 Å². The zero-order valence-electron chi connectivity index (χ0n) is 18.8. The quantitative estimate of drug-likeness (QED) is 0.559. The summed E-state index contributed by atoms with van der Waals surface area (Å²) in [5, 5.41) is 4.43. The SMILES string of the molecule is CCOCN(C)C(=O)N[C@H]1CC[C@H](CCN2CCN(c3cccc(Cl)c3Cl)CC2)CC1. The summed E-state index contributed by atoms with van der Waals surface area (Å²) in [5.74, 6) is 0.759. The molecule has 1 aliphatic heterocycles. The van der Waals surface area contributed by atoms with Crippen LogP contribution in [0.3, 0.4) is 0 Å². The Labute approximate surface area is 196 Å². The van der Waals surface area contributed by atoms with Gasteiger partial charge in [0, 0.05) is 45.9 Å². The number of carbonyl (C=O) groups is 1. The van der Waals surface area contributed by atoms with Gasteiger partial charge in [-0.3, -0.25) is 4.90 Å². The van der Waals surface area contributed by atoms with Gasteiger partial charge in [0.1, 0.15) is 6.73 Å². The van der Waals surface area contributed by atoms with E-state index in [9.17, 15) is 4.79 Å². The highest BCUT2D eigenvalue weighted by Crippen LogP contribution is 2.33. The van der Waals surface area contributed by atoms with Crippen LogP contribution in [0.5, 0.6) is 0 Å². The molecule has 174 valence electrons. The van der Waals surface area contributed by atoms with Crippen LogP contribution in [-0.2, 0) is 4.74 Å². The Morgan fingerprint density at radius 3 is 2.55 bits per heavy atom. The second-order valence-corrected chi connectivity index (χ2v) is 9.46. The number of anilines is 1. The largest absolute Gasteiger partial charge is 0.368 e. The Morgan fingerprint density at radius 1 is 1.16 bits per heavy atom. The monoisotopic (exact) mass is 470 g/mol. The third-order valence-corrected chi connectivity index (χ3v) is 7.32. The number of rotatable bonds is 8. The van der Waals surface area contributed by atoms with Crippen LogP contribution in [0.25, 0.3) is 0 Å². The number of ether oxygens (including phenoxy) is 1. The Morgan fingerprint density at radius 2 is 1.87 bits per heavy atom. The van der Waals surface area contributed by atoms with Gasteiger partial charge in [-0.1, -0.05) is 29.3 Å². The summed E-state index contributed by atoms with van der Waals surface area (Å²) in [6.07, 6.45) is 5.76. The number of benzene rings is 1. The second-order valence-electron chi connectivity index (χ2n) is 8.68. The molecule has 0 aromatic heterocycles. The summed E-state index contributed by atoms with van der Waals surface area (Å²) in [6, 6.07) is 6.11. The fourth-order valence-electron chi connectivity index (χ4n) is 4.48. The third-order valence-electron chi connectivity index (χ3n) is 6.51. The van der Waals surface area contributed by atoms with Crippen molar-refractivity contribution in [1.82, 2.24) is 15.1 Å². The van der Waals surface area contributed by atoms with Crippen LogP contribution in [0.2, 0.25) is 10.0 Å². The molecule has 0 unspecified atom stereocenters. The average Bonchev–Trinajstić information content (AvgIpc) is 2.79. The van der Waals surface area contributed by atoms with Crippen molar-refractivity contribution in [1.29, 1.82) is 0 Å². The molecular formula is C23H36Cl2N4O2. The number of halogens is 2. The Hall–Kier alpha value is -1.21. The van der Waals surface area contributed by atoms with Crippen LogP contribution < -0.4 is 10.2 Å². The van der Waals surface area contributed by atoms with Gasteiger partial charge in [0.2, 0.25) is 0 Å². The van der Waals surface area contributed by atoms with Crippen molar-refractivity contribution in [2.45, 2.75) is 45.1 Å². The first-order valence-electron chi connectivity index (χ1n) is 11.5. The number of carbonyl (C=O) groups excluding carboxylic acids is 1. The maximum absolute atomic E-state index is 12.2. The normalized spacial score (nSPS) is 22.4. The highest BCUT2D eigenvalue weighted by molar-refractivity contribution is 6.43. The van der Waals surface area contributed by atoms with Gasteiger partial charge in [0.25, 0.3) is 0 Å². The molecule has 1 aromatic carbocycles. The summed E-state index contributed by atoms with van der Waals surface area (Å²) < 4.78 is 5.30. The minimum atomic E-state index is -0.0328. The van der Waals surface area contributed by atoms with Crippen molar-refractivity contribution in [3.05, 3.63) is 28.2 Å². The molecule has 8 heteroatoms. The van der Waals surface area contributed by atoms with Crippen molar-refractivity contribution in [3.63, 3.8) is 0 Å². The summed E-state index contributed by atoms with van der Waals surface area (Å²) in [7, 11) is 1.77. The van der Waals surface area contributed by atoms with Gasteiger partial charge in [-0.25, -0.2) is 4.79 Å². The molecule has 2 aliphatic rings. The Kier molecular flexibility index (Phi) is 9.57. The van der Waals surface area contributed by atoms with E-state index in [1.54, 1.807) is 11.9 Å². The average molecular weight is 471 g/mol. The third kappa shape index (κ3) is 7.14. The lowest BCUT2D eigenvalue weighted by atomic mass is 9.84. The first kappa shape index (κ1) is 24.4. The van der Waals surface area contributed by atoms with Crippen LogP contribution in [0, 0.1) is 5.92 Å². The van der Waals surface area contributed by atoms with Crippen LogP contribution in [0.4, 0.5) is 10.5 Å². The van der Waals surface area contributed by atoms with Crippen molar-refractivity contribution in [2.75, 3.05) is 58.0 Å². The topological polar surface area (TPSA) is 48.1 Å². The molecule has 1 saturated heterocycles. The number of nitrogens with zero attached hydrogens (tertiary/aromatic N) is 3. The first-order chi connectivity index (χ1) is 15.0. The highest BCUT2D eigenvalue weighted by Gasteiger charge is 2.25. The maximum Gasteiger partial charge on any atom is 0.319 e. The molecule has 6 nitrogen and oxygen atoms in total. The number of nitrogens with one attached hydrogen (secondary N) is 1. The van der Waals surface area contributed by atoms with Gasteiger partial charge in [-0.05, 0) is 63.6 Å². The van der Waals surface area contributed by atoms with Crippen molar-refractivity contribution in [2.24, 2.45) is 5.92 Å². The summed E-state index contributed by atoms with van der Waals surface area (Å²) in [4.78, 5) is 18.7. The molecular weight excluding hydrogens is 435 g/mol. The van der Waals surface area contributed by atoms with E-state index < -0.39 is 0 Å². The Balaban J connectivity index is 1.33. The van der Waals surface area contributed by atoms with E-state index in [1.807, 2.05) is 19.1 Å². The molecule has 2 amide bonds. The van der Waals surface area contributed by atoms with E-state index in [0.29, 0.717) is 29.4 Å². The lowest BCUT2D eigenvalue weighted by molar-refractivity contribution is 0.0656. The predicted molar refractivity (Wildman–Crippen MR) is 128 cm³/mol. The molecule has 0 atom stereocenters. The predicted octanol–water partition coefficient (Wildman–Crippen LogP) is 4.70. The van der Waals surface area contributed by atoms with Crippen molar-refractivity contribution in [3.8, 4) is 0 Å². The van der Waals surface area contributed by atoms with E-state index in [2.05, 4.69) is 21.2 Å².